The van der Waals surface area contributed by atoms with Gasteiger partial charge < -0.3 is 14.8 Å². The molecule has 1 aliphatic heterocycles. The number of rotatable bonds is 8. The molecule has 7 heteroatoms. The highest BCUT2D eigenvalue weighted by Gasteiger charge is 2.24. The van der Waals surface area contributed by atoms with Gasteiger partial charge in [0, 0.05) is 30.2 Å². The van der Waals surface area contributed by atoms with E-state index < -0.39 is 0 Å². The number of thioether (sulfide) groups is 1. The summed E-state index contributed by atoms with van der Waals surface area (Å²) in [5.41, 5.74) is 4.93. The van der Waals surface area contributed by atoms with Gasteiger partial charge in [-0.25, -0.2) is 4.98 Å². The quantitative estimate of drug-likeness (QED) is 0.287. The van der Waals surface area contributed by atoms with Gasteiger partial charge in [-0.05, 0) is 55.7 Å². The Labute approximate surface area is 209 Å². The molecule has 0 saturated heterocycles. The zero-order valence-electron chi connectivity index (χ0n) is 19.7. The molecule has 178 valence electrons. The maximum atomic E-state index is 12.9. The van der Waals surface area contributed by atoms with E-state index in [4.69, 9.17) is 0 Å². The van der Waals surface area contributed by atoms with Crippen molar-refractivity contribution < 1.29 is 9.59 Å². The molecule has 0 unspecified atom stereocenters. The summed E-state index contributed by atoms with van der Waals surface area (Å²) in [5, 5.41) is 3.04. The molecule has 35 heavy (non-hydrogen) atoms. The number of amides is 2. The summed E-state index contributed by atoms with van der Waals surface area (Å²) >= 11 is 1.42. The Morgan fingerprint density at radius 3 is 2.69 bits per heavy atom. The van der Waals surface area contributed by atoms with Gasteiger partial charge in [0.15, 0.2) is 0 Å². The van der Waals surface area contributed by atoms with E-state index in [1.807, 2.05) is 72.5 Å². The molecule has 3 aromatic carbocycles. The van der Waals surface area contributed by atoms with Gasteiger partial charge in [-0.1, -0.05) is 42.5 Å². The predicted molar refractivity (Wildman–Crippen MR) is 141 cm³/mol. The summed E-state index contributed by atoms with van der Waals surface area (Å²) in [5.74, 6) is 1.23. The van der Waals surface area contributed by atoms with E-state index in [0.717, 1.165) is 46.8 Å². The van der Waals surface area contributed by atoms with Crippen LogP contribution in [0.2, 0.25) is 0 Å². The predicted octanol–water partition coefficient (Wildman–Crippen LogP) is 4.85. The maximum absolute atomic E-state index is 12.9. The van der Waals surface area contributed by atoms with Gasteiger partial charge in [-0.15, -0.1) is 11.8 Å². The van der Waals surface area contributed by atoms with Crippen LogP contribution in [-0.2, 0) is 17.8 Å². The van der Waals surface area contributed by atoms with E-state index in [1.165, 1.54) is 17.3 Å². The molecule has 0 saturated carbocycles. The van der Waals surface area contributed by atoms with Gasteiger partial charge in [0.1, 0.15) is 5.82 Å². The van der Waals surface area contributed by atoms with Crippen molar-refractivity contribution in [3.63, 3.8) is 0 Å². The van der Waals surface area contributed by atoms with Gasteiger partial charge in [-0.2, -0.15) is 0 Å². The number of benzene rings is 3. The van der Waals surface area contributed by atoms with Crippen molar-refractivity contribution in [2.75, 3.05) is 23.7 Å². The van der Waals surface area contributed by atoms with Crippen LogP contribution in [0.4, 0.5) is 5.69 Å². The molecule has 0 spiro atoms. The van der Waals surface area contributed by atoms with Gasteiger partial charge in [0.25, 0.3) is 5.91 Å². The van der Waals surface area contributed by atoms with E-state index >= 15 is 0 Å². The SMILES string of the molecule is Cc1nc2ccccc2n1CCCNC(=O)c1ccccc1SCC(=O)N1CCc2ccccc21. The number of imidazole rings is 1. The third-order valence-electron chi connectivity index (χ3n) is 6.36. The van der Waals surface area contributed by atoms with Crippen molar-refractivity contribution in [1.29, 1.82) is 0 Å². The maximum Gasteiger partial charge on any atom is 0.252 e. The van der Waals surface area contributed by atoms with Crippen molar-refractivity contribution in [2.45, 2.75) is 31.2 Å². The summed E-state index contributed by atoms with van der Waals surface area (Å²) in [7, 11) is 0. The minimum absolute atomic E-state index is 0.0677. The number of aryl methyl sites for hydroxylation is 2. The Morgan fingerprint density at radius 1 is 1.00 bits per heavy atom. The monoisotopic (exact) mass is 484 g/mol. The lowest BCUT2D eigenvalue weighted by Crippen LogP contribution is -2.30. The van der Waals surface area contributed by atoms with E-state index in [1.54, 1.807) is 0 Å². The highest BCUT2D eigenvalue weighted by molar-refractivity contribution is 8.00. The van der Waals surface area contributed by atoms with E-state index in [0.29, 0.717) is 24.4 Å². The first-order valence-corrected chi connectivity index (χ1v) is 12.9. The second kappa shape index (κ2) is 10.4. The Balaban J connectivity index is 1.16. The fourth-order valence-corrected chi connectivity index (χ4v) is 5.53. The minimum atomic E-state index is -0.112. The fraction of sp³-hybridized carbons (Fsp3) is 0.250. The number of fused-ring (bicyclic) bond motifs is 2. The molecule has 0 radical (unpaired) electrons. The molecule has 1 N–H and O–H groups in total. The van der Waals surface area contributed by atoms with Crippen LogP contribution in [0.5, 0.6) is 0 Å². The third kappa shape index (κ3) is 4.95. The molecule has 2 heterocycles. The Morgan fingerprint density at radius 2 is 1.77 bits per heavy atom. The number of para-hydroxylation sites is 3. The second-order valence-corrected chi connectivity index (χ2v) is 9.63. The summed E-state index contributed by atoms with van der Waals surface area (Å²) in [6, 6.07) is 23.6. The van der Waals surface area contributed by atoms with Crippen LogP contribution >= 0.6 is 11.8 Å². The largest absolute Gasteiger partial charge is 0.352 e. The summed E-state index contributed by atoms with van der Waals surface area (Å²) < 4.78 is 2.19. The topological polar surface area (TPSA) is 67.2 Å². The zero-order chi connectivity index (χ0) is 24.2. The van der Waals surface area contributed by atoms with Gasteiger partial charge in [0.2, 0.25) is 5.91 Å². The number of carbonyl (C=O) groups is 2. The van der Waals surface area contributed by atoms with Crippen LogP contribution in [0.25, 0.3) is 11.0 Å². The van der Waals surface area contributed by atoms with E-state index in [9.17, 15) is 9.59 Å². The average Bonchev–Trinajstić information content (AvgIpc) is 3.46. The minimum Gasteiger partial charge on any atom is -0.352 e. The van der Waals surface area contributed by atoms with Crippen molar-refractivity contribution in [2.24, 2.45) is 0 Å². The number of nitrogens with one attached hydrogen (secondary N) is 1. The average molecular weight is 485 g/mol. The molecule has 0 fully saturated rings. The number of nitrogens with zero attached hydrogens (tertiary/aromatic N) is 3. The Hall–Kier alpha value is -3.58. The summed E-state index contributed by atoms with van der Waals surface area (Å²) in [6.07, 6.45) is 1.69. The molecule has 4 aromatic rings. The molecule has 2 amide bonds. The smallest absolute Gasteiger partial charge is 0.252 e. The third-order valence-corrected chi connectivity index (χ3v) is 7.42. The Kier molecular flexibility index (Phi) is 6.86. The Bertz CT molecular complexity index is 1380. The molecule has 1 aromatic heterocycles. The first-order chi connectivity index (χ1) is 17.1. The van der Waals surface area contributed by atoms with Crippen LogP contribution in [-0.4, -0.2) is 40.2 Å². The lowest BCUT2D eigenvalue weighted by Gasteiger charge is -2.17. The zero-order valence-corrected chi connectivity index (χ0v) is 20.6. The summed E-state index contributed by atoms with van der Waals surface area (Å²) in [4.78, 5) is 33.1. The van der Waals surface area contributed by atoms with Crippen LogP contribution in [0.1, 0.15) is 28.2 Å². The molecule has 0 atom stereocenters. The molecular weight excluding hydrogens is 456 g/mol. The van der Waals surface area contributed by atoms with Crippen LogP contribution in [0.3, 0.4) is 0 Å². The standard InChI is InChI=1S/C28H28N4O2S/c1-20-30-23-11-4-6-13-25(23)31(20)17-8-16-29-28(34)22-10-3-7-14-26(22)35-19-27(33)32-18-15-21-9-2-5-12-24(21)32/h2-7,9-14H,8,15-19H2,1H3,(H,29,34). The van der Waals surface area contributed by atoms with Crippen molar-refractivity contribution in [3.8, 4) is 0 Å². The fourth-order valence-electron chi connectivity index (χ4n) is 4.61. The molecule has 6 nitrogen and oxygen atoms in total. The number of hydrogen-bond acceptors (Lipinski definition) is 4. The van der Waals surface area contributed by atoms with Crippen molar-refractivity contribution in [3.05, 3.63) is 89.7 Å². The summed E-state index contributed by atoms with van der Waals surface area (Å²) in [6.45, 7) is 4.07. The number of anilines is 1. The van der Waals surface area contributed by atoms with Crippen molar-refractivity contribution in [1.82, 2.24) is 14.9 Å². The highest BCUT2D eigenvalue weighted by atomic mass is 32.2. The first kappa shape index (κ1) is 23.2. The van der Waals surface area contributed by atoms with Gasteiger partial charge in [0.05, 0.1) is 22.3 Å². The second-order valence-electron chi connectivity index (χ2n) is 8.62. The van der Waals surface area contributed by atoms with Gasteiger partial charge in [-0.3, -0.25) is 9.59 Å². The lowest BCUT2D eigenvalue weighted by atomic mass is 10.2. The molecule has 1 aliphatic rings. The lowest BCUT2D eigenvalue weighted by molar-refractivity contribution is -0.116. The highest BCUT2D eigenvalue weighted by Crippen LogP contribution is 2.29. The molecule has 0 bridgehead atoms. The molecule has 5 rings (SSSR count). The first-order valence-electron chi connectivity index (χ1n) is 11.9. The number of hydrogen-bond donors (Lipinski definition) is 1. The molecule has 0 aliphatic carbocycles. The normalized spacial score (nSPS) is 12.7. The van der Waals surface area contributed by atoms with Crippen LogP contribution < -0.4 is 10.2 Å². The van der Waals surface area contributed by atoms with E-state index in [2.05, 4.69) is 27.0 Å². The van der Waals surface area contributed by atoms with E-state index in [-0.39, 0.29) is 11.8 Å². The number of aromatic nitrogens is 2. The van der Waals surface area contributed by atoms with Crippen molar-refractivity contribution >= 4 is 40.3 Å². The number of carbonyl (C=O) groups excluding carboxylic acids is 2. The van der Waals surface area contributed by atoms with Crippen LogP contribution in [0.15, 0.2) is 77.7 Å². The van der Waals surface area contributed by atoms with Crippen LogP contribution in [0, 0.1) is 6.92 Å². The molecular formula is C28H28N4O2S. The van der Waals surface area contributed by atoms with Gasteiger partial charge >= 0.3 is 0 Å².